The molecule has 0 aliphatic carbocycles. The number of ketones is 1. The summed E-state index contributed by atoms with van der Waals surface area (Å²) in [5, 5.41) is 25.2. The fraction of sp³-hybridized carbons (Fsp3) is 0.263. The van der Waals surface area contributed by atoms with Gasteiger partial charge >= 0.3 is 12.2 Å². The number of phenols is 1. The maximum atomic E-state index is 13.4. The molecule has 154 valence electrons. The molecular formula is C19H17F3N2O5. The Morgan fingerprint density at radius 3 is 2.41 bits per heavy atom. The van der Waals surface area contributed by atoms with Crippen molar-refractivity contribution < 1.29 is 37.7 Å². The number of amides is 2. The SMILES string of the molecule is COc1cc(C2NC(=O)NC(O)(c3ccccc3)C2C(=O)C(F)(F)F)ccc1O. The second-order valence-corrected chi connectivity index (χ2v) is 6.48. The summed E-state index contributed by atoms with van der Waals surface area (Å²) in [4.78, 5) is 24.6. The van der Waals surface area contributed by atoms with Crippen molar-refractivity contribution in [3.05, 3.63) is 59.7 Å². The van der Waals surface area contributed by atoms with Crippen LogP contribution in [0.2, 0.25) is 0 Å². The molecule has 1 fully saturated rings. The van der Waals surface area contributed by atoms with Crippen LogP contribution in [0.1, 0.15) is 17.2 Å². The Labute approximate surface area is 163 Å². The van der Waals surface area contributed by atoms with E-state index >= 15 is 0 Å². The Morgan fingerprint density at radius 2 is 1.83 bits per heavy atom. The Kier molecular flexibility index (Phi) is 5.14. The van der Waals surface area contributed by atoms with Crippen molar-refractivity contribution >= 4 is 11.8 Å². The minimum absolute atomic E-state index is 0.0338. The van der Waals surface area contributed by atoms with Crippen LogP contribution < -0.4 is 15.4 Å². The number of methoxy groups -OCH3 is 1. The van der Waals surface area contributed by atoms with Gasteiger partial charge in [-0.25, -0.2) is 4.79 Å². The van der Waals surface area contributed by atoms with Gasteiger partial charge in [-0.05, 0) is 17.7 Å². The zero-order valence-electron chi connectivity index (χ0n) is 15.0. The molecule has 0 bridgehead atoms. The minimum atomic E-state index is -5.28. The average Bonchev–Trinajstić information content (AvgIpc) is 2.67. The number of phenolic OH excluding ortho intramolecular Hbond substituents is 1. The number of rotatable bonds is 4. The van der Waals surface area contributed by atoms with Crippen LogP contribution in [-0.2, 0) is 10.5 Å². The van der Waals surface area contributed by atoms with Gasteiger partial charge in [0.05, 0.1) is 13.2 Å². The number of carbonyl (C=O) groups is 2. The number of aliphatic hydroxyl groups is 1. The minimum Gasteiger partial charge on any atom is -0.504 e. The van der Waals surface area contributed by atoms with Crippen molar-refractivity contribution in [1.82, 2.24) is 10.6 Å². The second-order valence-electron chi connectivity index (χ2n) is 6.48. The quantitative estimate of drug-likeness (QED) is 0.619. The predicted octanol–water partition coefficient (Wildman–Crippen LogP) is 2.35. The molecule has 0 spiro atoms. The van der Waals surface area contributed by atoms with Crippen molar-refractivity contribution in [3.8, 4) is 11.5 Å². The Morgan fingerprint density at radius 1 is 1.17 bits per heavy atom. The Bertz CT molecular complexity index is 935. The first-order chi connectivity index (χ1) is 13.6. The van der Waals surface area contributed by atoms with E-state index in [1.165, 1.54) is 43.5 Å². The summed E-state index contributed by atoms with van der Waals surface area (Å²) in [6, 6.07) is 8.12. The Hall–Kier alpha value is -3.27. The molecule has 0 aromatic heterocycles. The van der Waals surface area contributed by atoms with E-state index in [9.17, 15) is 33.0 Å². The highest BCUT2D eigenvalue weighted by molar-refractivity contribution is 5.91. The number of aromatic hydroxyl groups is 1. The summed E-state index contributed by atoms with van der Waals surface area (Å²) < 4.78 is 45.2. The smallest absolute Gasteiger partial charge is 0.450 e. The zero-order valence-corrected chi connectivity index (χ0v) is 15.0. The van der Waals surface area contributed by atoms with Gasteiger partial charge in [0, 0.05) is 5.56 Å². The van der Waals surface area contributed by atoms with E-state index in [1.807, 2.05) is 0 Å². The van der Waals surface area contributed by atoms with Crippen LogP contribution in [0.4, 0.5) is 18.0 Å². The van der Waals surface area contributed by atoms with Gasteiger partial charge in [-0.2, -0.15) is 13.2 Å². The highest BCUT2D eigenvalue weighted by Gasteiger charge is 2.59. The molecular weight excluding hydrogens is 393 g/mol. The van der Waals surface area contributed by atoms with Crippen LogP contribution in [0.15, 0.2) is 48.5 Å². The number of ether oxygens (including phenoxy) is 1. The molecule has 3 atom stereocenters. The van der Waals surface area contributed by atoms with E-state index in [4.69, 9.17) is 4.74 Å². The molecule has 1 aliphatic heterocycles. The van der Waals surface area contributed by atoms with Crippen LogP contribution >= 0.6 is 0 Å². The van der Waals surface area contributed by atoms with Gasteiger partial charge in [0.1, 0.15) is 5.92 Å². The van der Waals surface area contributed by atoms with Gasteiger partial charge < -0.3 is 25.6 Å². The van der Waals surface area contributed by atoms with Gasteiger partial charge in [0.25, 0.3) is 0 Å². The first-order valence-corrected chi connectivity index (χ1v) is 8.42. The molecule has 29 heavy (non-hydrogen) atoms. The lowest BCUT2D eigenvalue weighted by Crippen LogP contribution is -2.66. The number of hydrogen-bond donors (Lipinski definition) is 4. The highest BCUT2D eigenvalue weighted by Crippen LogP contribution is 2.44. The number of carbonyl (C=O) groups excluding carboxylic acids is 2. The average molecular weight is 410 g/mol. The van der Waals surface area contributed by atoms with Crippen molar-refractivity contribution in [2.24, 2.45) is 5.92 Å². The number of benzene rings is 2. The number of alkyl halides is 3. The van der Waals surface area contributed by atoms with E-state index in [1.54, 1.807) is 6.07 Å². The van der Waals surface area contributed by atoms with Gasteiger partial charge in [0.2, 0.25) is 5.78 Å². The number of Topliss-reactive ketones (excluding diaryl/α,β-unsaturated/α-hetero) is 1. The van der Waals surface area contributed by atoms with Gasteiger partial charge in [-0.15, -0.1) is 0 Å². The summed E-state index contributed by atoms with van der Waals surface area (Å²) in [6.07, 6.45) is -5.28. The monoisotopic (exact) mass is 410 g/mol. The van der Waals surface area contributed by atoms with Gasteiger partial charge in [0.15, 0.2) is 17.2 Å². The topological polar surface area (TPSA) is 108 Å². The van der Waals surface area contributed by atoms with E-state index < -0.39 is 35.7 Å². The summed E-state index contributed by atoms with van der Waals surface area (Å²) in [5.41, 5.74) is -2.69. The fourth-order valence-electron chi connectivity index (χ4n) is 3.38. The largest absolute Gasteiger partial charge is 0.504 e. The number of halogens is 3. The zero-order chi connectivity index (χ0) is 21.4. The van der Waals surface area contributed by atoms with Crippen molar-refractivity contribution in [3.63, 3.8) is 0 Å². The molecule has 2 aromatic carbocycles. The summed E-state index contributed by atoms with van der Waals surface area (Å²) >= 11 is 0. The summed E-state index contributed by atoms with van der Waals surface area (Å²) in [7, 11) is 1.23. The van der Waals surface area contributed by atoms with Crippen LogP contribution in [-0.4, -0.2) is 35.3 Å². The van der Waals surface area contributed by atoms with Crippen molar-refractivity contribution in [2.75, 3.05) is 7.11 Å². The molecule has 0 saturated carbocycles. The molecule has 1 aliphatic rings. The fourth-order valence-corrected chi connectivity index (χ4v) is 3.38. The van der Waals surface area contributed by atoms with Gasteiger partial charge in [-0.3, -0.25) is 4.79 Å². The number of hydrogen-bond acceptors (Lipinski definition) is 5. The number of nitrogens with one attached hydrogen (secondary N) is 2. The predicted molar refractivity (Wildman–Crippen MR) is 94.0 cm³/mol. The lowest BCUT2D eigenvalue weighted by molar-refractivity contribution is -0.190. The van der Waals surface area contributed by atoms with Gasteiger partial charge in [-0.1, -0.05) is 36.4 Å². The maximum absolute atomic E-state index is 13.4. The molecule has 7 nitrogen and oxygen atoms in total. The molecule has 10 heteroatoms. The van der Waals surface area contributed by atoms with E-state index in [2.05, 4.69) is 10.6 Å². The lowest BCUT2D eigenvalue weighted by atomic mass is 9.76. The van der Waals surface area contributed by atoms with Crippen LogP contribution in [0.3, 0.4) is 0 Å². The maximum Gasteiger partial charge on any atom is 0.450 e. The first kappa shape index (κ1) is 20.5. The van der Waals surface area contributed by atoms with Crippen LogP contribution in [0.25, 0.3) is 0 Å². The molecule has 3 unspecified atom stereocenters. The van der Waals surface area contributed by atoms with Crippen LogP contribution in [0.5, 0.6) is 11.5 Å². The van der Waals surface area contributed by atoms with Crippen LogP contribution in [0, 0.1) is 5.92 Å². The lowest BCUT2D eigenvalue weighted by Gasteiger charge is -2.45. The molecule has 1 saturated heterocycles. The van der Waals surface area contributed by atoms with E-state index in [0.717, 1.165) is 6.07 Å². The molecule has 3 rings (SSSR count). The molecule has 2 amide bonds. The molecule has 1 heterocycles. The number of urea groups is 1. The molecule has 2 aromatic rings. The third-order valence-electron chi connectivity index (χ3n) is 4.71. The van der Waals surface area contributed by atoms with Crippen molar-refractivity contribution in [2.45, 2.75) is 17.9 Å². The third-order valence-corrected chi connectivity index (χ3v) is 4.71. The second kappa shape index (κ2) is 7.28. The van der Waals surface area contributed by atoms with E-state index in [-0.39, 0.29) is 22.6 Å². The van der Waals surface area contributed by atoms with E-state index in [0.29, 0.717) is 0 Å². The first-order valence-electron chi connectivity index (χ1n) is 8.42. The normalized spacial score (nSPS) is 24.4. The molecule has 4 N–H and O–H groups in total. The third kappa shape index (κ3) is 3.70. The summed E-state index contributed by atoms with van der Waals surface area (Å²) in [6.45, 7) is 0. The summed E-state index contributed by atoms with van der Waals surface area (Å²) in [5.74, 6) is -4.74. The Balaban J connectivity index is 2.20. The molecule has 0 radical (unpaired) electrons. The van der Waals surface area contributed by atoms with Crippen molar-refractivity contribution in [1.29, 1.82) is 0 Å². The standard InChI is InChI=1S/C19H17F3N2O5/c1-29-13-9-10(7-8-12(13)25)15-14(16(26)19(20,21)22)18(28,24-17(27)23-15)11-5-3-2-4-6-11/h2-9,14-15,25,28H,1H3,(H2,23,24,27). The highest BCUT2D eigenvalue weighted by atomic mass is 19.4.